The first-order valence-electron chi connectivity index (χ1n) is 9.37. The summed E-state index contributed by atoms with van der Waals surface area (Å²) in [6.07, 6.45) is 3.66. The Bertz CT molecular complexity index is 904. The monoisotopic (exact) mass is 456 g/mol. The van der Waals surface area contributed by atoms with E-state index < -0.39 is 27.4 Å². The van der Waals surface area contributed by atoms with Crippen LogP contribution in [0.3, 0.4) is 0 Å². The lowest BCUT2D eigenvalue weighted by Gasteiger charge is -2.44. The number of benzene rings is 1. The van der Waals surface area contributed by atoms with Crippen molar-refractivity contribution in [2.75, 3.05) is 45.7 Å². The maximum Gasteiger partial charge on any atom is 0.247 e. The van der Waals surface area contributed by atoms with Gasteiger partial charge in [-0.1, -0.05) is 12.1 Å². The summed E-state index contributed by atoms with van der Waals surface area (Å²) < 4.78 is 24.7. The number of carbonyl (C=O) groups excluding carboxylic acids is 3. The number of amides is 3. The second kappa shape index (κ2) is 9.80. The zero-order valence-electron chi connectivity index (χ0n) is 17.6. The quantitative estimate of drug-likeness (QED) is 0.518. The molecular formula is C19H28N4O5S2. The number of carbonyl (C=O) groups is 3. The lowest BCUT2D eigenvalue weighted by molar-refractivity contribution is -0.150. The van der Waals surface area contributed by atoms with Crippen molar-refractivity contribution < 1.29 is 22.8 Å². The highest BCUT2D eigenvalue weighted by Gasteiger charge is 2.47. The maximum absolute atomic E-state index is 12.7. The van der Waals surface area contributed by atoms with Crippen molar-refractivity contribution in [3.8, 4) is 0 Å². The van der Waals surface area contributed by atoms with E-state index in [1.165, 1.54) is 23.8 Å². The van der Waals surface area contributed by atoms with Crippen LogP contribution in [0.2, 0.25) is 0 Å². The van der Waals surface area contributed by atoms with Crippen molar-refractivity contribution in [2.24, 2.45) is 0 Å². The van der Waals surface area contributed by atoms with Crippen LogP contribution in [0, 0.1) is 0 Å². The molecule has 1 aromatic rings. The highest BCUT2D eigenvalue weighted by Crippen LogP contribution is 2.22. The number of nitrogens with one attached hydrogen (secondary N) is 2. The molecule has 1 aliphatic rings. The predicted molar refractivity (Wildman–Crippen MR) is 116 cm³/mol. The van der Waals surface area contributed by atoms with Gasteiger partial charge in [-0.05, 0) is 37.3 Å². The summed E-state index contributed by atoms with van der Waals surface area (Å²) in [4.78, 5) is 39.4. The smallest absolute Gasteiger partial charge is 0.247 e. The number of rotatable bonds is 8. The third kappa shape index (κ3) is 5.96. The van der Waals surface area contributed by atoms with Crippen LogP contribution in [0.15, 0.2) is 29.2 Å². The second-order valence-corrected chi connectivity index (χ2v) is 10.3. The Hall–Kier alpha value is -2.11. The highest BCUT2D eigenvalue weighted by molar-refractivity contribution is 7.98. The summed E-state index contributed by atoms with van der Waals surface area (Å²) in [6, 6.07) is 8.04. The molecule has 3 amide bonds. The van der Waals surface area contributed by atoms with Crippen LogP contribution in [0.1, 0.15) is 12.5 Å². The molecule has 30 heavy (non-hydrogen) atoms. The number of nitrogens with zero attached hydrogens (tertiary/aromatic N) is 2. The highest BCUT2D eigenvalue weighted by atomic mass is 32.2. The average molecular weight is 457 g/mol. The number of sulfonamides is 1. The van der Waals surface area contributed by atoms with E-state index in [0.717, 1.165) is 16.1 Å². The molecule has 1 aliphatic heterocycles. The molecule has 0 spiro atoms. The summed E-state index contributed by atoms with van der Waals surface area (Å²) in [6.45, 7) is 1.16. The Morgan fingerprint density at radius 2 is 1.83 bits per heavy atom. The van der Waals surface area contributed by atoms with Crippen LogP contribution in [0.25, 0.3) is 0 Å². The van der Waals surface area contributed by atoms with Crippen molar-refractivity contribution in [1.29, 1.82) is 0 Å². The molecule has 9 nitrogen and oxygen atoms in total. The number of likely N-dealkylation sites (N-methyl/N-ethyl adjacent to an activating group) is 1. The Kier molecular flexibility index (Phi) is 7.89. The van der Waals surface area contributed by atoms with Crippen LogP contribution in [0.5, 0.6) is 0 Å². The lowest BCUT2D eigenvalue weighted by Crippen LogP contribution is -2.68. The Balaban J connectivity index is 1.86. The molecule has 0 aliphatic carbocycles. The number of hydrogen-bond donors (Lipinski definition) is 2. The molecule has 0 saturated carbocycles. The summed E-state index contributed by atoms with van der Waals surface area (Å²) >= 11 is 1.66. The molecule has 11 heteroatoms. The number of piperazine rings is 1. The van der Waals surface area contributed by atoms with E-state index >= 15 is 0 Å². The van der Waals surface area contributed by atoms with Crippen molar-refractivity contribution >= 4 is 39.5 Å². The van der Waals surface area contributed by atoms with Gasteiger partial charge >= 0.3 is 0 Å². The predicted octanol–water partition coefficient (Wildman–Crippen LogP) is -0.324. The van der Waals surface area contributed by atoms with Gasteiger partial charge < -0.3 is 15.5 Å². The van der Waals surface area contributed by atoms with Gasteiger partial charge in [-0.15, -0.1) is 11.8 Å². The van der Waals surface area contributed by atoms with Gasteiger partial charge in [0.05, 0.1) is 19.3 Å². The SMILES string of the molecule is CSc1ccc(CCNC(=O)CNC(=O)[C@]2(C)CN(S(C)(=O)=O)CC(=O)N2C)cc1. The van der Waals surface area contributed by atoms with Gasteiger partial charge in [-0.25, -0.2) is 8.42 Å². The van der Waals surface area contributed by atoms with E-state index in [1.807, 2.05) is 30.5 Å². The van der Waals surface area contributed by atoms with Crippen molar-refractivity contribution in [1.82, 2.24) is 19.8 Å². The van der Waals surface area contributed by atoms with E-state index in [4.69, 9.17) is 0 Å². The Morgan fingerprint density at radius 1 is 1.20 bits per heavy atom. The van der Waals surface area contributed by atoms with E-state index in [1.54, 1.807) is 11.8 Å². The first-order valence-corrected chi connectivity index (χ1v) is 12.4. The largest absolute Gasteiger partial charge is 0.354 e. The van der Waals surface area contributed by atoms with E-state index in [2.05, 4.69) is 10.6 Å². The first kappa shape index (κ1) is 24.2. The fraction of sp³-hybridized carbons (Fsp3) is 0.526. The molecule has 1 fully saturated rings. The summed E-state index contributed by atoms with van der Waals surface area (Å²) in [5.41, 5.74) is -0.314. The van der Waals surface area contributed by atoms with Crippen molar-refractivity contribution in [3.05, 3.63) is 29.8 Å². The van der Waals surface area contributed by atoms with Crippen LogP contribution in [-0.2, 0) is 30.8 Å². The fourth-order valence-corrected chi connectivity index (χ4v) is 4.29. The minimum Gasteiger partial charge on any atom is -0.354 e. The van der Waals surface area contributed by atoms with Crippen LogP contribution < -0.4 is 10.6 Å². The molecule has 166 valence electrons. The molecule has 1 saturated heterocycles. The molecule has 0 radical (unpaired) electrons. The van der Waals surface area contributed by atoms with Gasteiger partial charge in [0.25, 0.3) is 0 Å². The zero-order chi connectivity index (χ0) is 22.5. The number of hydrogen-bond acceptors (Lipinski definition) is 6. The maximum atomic E-state index is 12.7. The summed E-state index contributed by atoms with van der Waals surface area (Å²) in [5, 5.41) is 5.25. The summed E-state index contributed by atoms with van der Waals surface area (Å²) in [7, 11) is -2.19. The van der Waals surface area contributed by atoms with Crippen LogP contribution in [-0.4, -0.2) is 86.6 Å². The molecule has 1 atom stereocenters. The van der Waals surface area contributed by atoms with Gasteiger partial charge in [0.1, 0.15) is 5.54 Å². The Labute approximate surface area is 181 Å². The normalized spacial score (nSPS) is 20.1. The van der Waals surface area contributed by atoms with Gasteiger partial charge in [0, 0.05) is 25.0 Å². The number of thioether (sulfide) groups is 1. The molecule has 0 bridgehead atoms. The van der Waals surface area contributed by atoms with E-state index in [9.17, 15) is 22.8 Å². The van der Waals surface area contributed by atoms with Crippen molar-refractivity contribution in [3.63, 3.8) is 0 Å². The first-order chi connectivity index (χ1) is 14.0. The third-order valence-corrected chi connectivity index (χ3v) is 7.11. The molecule has 2 rings (SSSR count). The van der Waals surface area contributed by atoms with E-state index in [0.29, 0.717) is 13.0 Å². The topological polar surface area (TPSA) is 116 Å². The van der Waals surface area contributed by atoms with Gasteiger partial charge in [0.15, 0.2) is 0 Å². The molecule has 0 unspecified atom stereocenters. The van der Waals surface area contributed by atoms with Gasteiger partial charge in [0.2, 0.25) is 27.7 Å². The lowest BCUT2D eigenvalue weighted by atomic mass is 9.96. The van der Waals surface area contributed by atoms with E-state index in [-0.39, 0.29) is 25.5 Å². The van der Waals surface area contributed by atoms with Crippen molar-refractivity contribution in [2.45, 2.75) is 23.8 Å². The van der Waals surface area contributed by atoms with Crippen LogP contribution in [0.4, 0.5) is 0 Å². The second-order valence-electron chi connectivity index (χ2n) is 7.39. The Morgan fingerprint density at radius 3 is 2.40 bits per heavy atom. The summed E-state index contributed by atoms with van der Waals surface area (Å²) in [5.74, 6) is -1.44. The molecule has 1 heterocycles. The standard InChI is InChI=1S/C19H28N4O5S2/c1-19(13-23(30(4,27)28)12-17(25)22(19)2)18(26)21-11-16(24)20-10-9-14-5-7-15(29-3)8-6-14/h5-8H,9-13H2,1-4H3,(H,20,24)(H,21,26)/t19-/m0/s1. The minimum atomic E-state index is -3.64. The van der Waals surface area contributed by atoms with Crippen LogP contribution >= 0.6 is 11.8 Å². The average Bonchev–Trinajstić information content (AvgIpc) is 2.69. The zero-order valence-corrected chi connectivity index (χ0v) is 19.2. The van der Waals surface area contributed by atoms with Gasteiger partial charge in [-0.2, -0.15) is 4.31 Å². The molecule has 1 aromatic carbocycles. The molecule has 0 aromatic heterocycles. The van der Waals surface area contributed by atoms with Gasteiger partial charge in [-0.3, -0.25) is 14.4 Å². The molecular weight excluding hydrogens is 428 g/mol. The fourth-order valence-electron chi connectivity index (χ4n) is 3.05. The molecule has 2 N–H and O–H groups in total. The third-order valence-electron chi connectivity index (χ3n) is 5.17. The minimum absolute atomic E-state index is 0.173.